The lowest BCUT2D eigenvalue weighted by Crippen LogP contribution is -2.38. The molecule has 16 heavy (non-hydrogen) atoms. The van der Waals surface area contributed by atoms with Crippen LogP contribution in [0.2, 0.25) is 0 Å². The van der Waals surface area contributed by atoms with E-state index >= 15 is 0 Å². The van der Waals surface area contributed by atoms with Gasteiger partial charge in [-0.3, -0.25) is 4.79 Å². The molecule has 3 N–H and O–H groups in total. The first kappa shape index (κ1) is 12.9. The fourth-order valence-electron chi connectivity index (χ4n) is 1.71. The van der Waals surface area contributed by atoms with Crippen LogP contribution < -0.4 is 11.1 Å². The van der Waals surface area contributed by atoms with Gasteiger partial charge in [0.05, 0.1) is 12.1 Å². The number of carbonyl (C=O) groups is 1. The summed E-state index contributed by atoms with van der Waals surface area (Å²) in [7, 11) is 0. The summed E-state index contributed by atoms with van der Waals surface area (Å²) < 4.78 is 13.0. The van der Waals surface area contributed by atoms with Crippen LogP contribution >= 0.6 is 12.4 Å². The highest BCUT2D eigenvalue weighted by Crippen LogP contribution is 2.45. The molecule has 88 valence electrons. The van der Waals surface area contributed by atoms with E-state index < -0.39 is 0 Å². The predicted octanol–water partition coefficient (Wildman–Crippen LogP) is 1.31. The Labute approximate surface area is 99.6 Å². The number of hydrogen-bond donors (Lipinski definition) is 2. The van der Waals surface area contributed by atoms with Crippen molar-refractivity contribution < 1.29 is 9.18 Å². The Hall–Kier alpha value is -1.13. The number of halogens is 2. The molecule has 0 unspecified atom stereocenters. The third-order valence-electron chi connectivity index (χ3n) is 2.69. The fourth-order valence-corrected chi connectivity index (χ4v) is 1.71. The monoisotopic (exact) mass is 244 g/mol. The molecule has 1 aliphatic carbocycles. The second kappa shape index (κ2) is 4.80. The van der Waals surface area contributed by atoms with Crippen molar-refractivity contribution in [3.63, 3.8) is 0 Å². The summed E-state index contributed by atoms with van der Waals surface area (Å²) in [5.41, 5.74) is 5.69. The van der Waals surface area contributed by atoms with Gasteiger partial charge in [0.15, 0.2) is 0 Å². The lowest BCUT2D eigenvalue weighted by molar-refractivity contribution is -0.120. The van der Waals surface area contributed by atoms with Crippen LogP contribution in [0.3, 0.4) is 0 Å². The molecule has 1 aromatic carbocycles. The van der Waals surface area contributed by atoms with Gasteiger partial charge < -0.3 is 11.1 Å². The van der Waals surface area contributed by atoms with Crippen molar-refractivity contribution in [3.05, 3.63) is 35.6 Å². The highest BCUT2D eigenvalue weighted by Gasteiger charge is 2.45. The Morgan fingerprint density at radius 2 is 2.19 bits per heavy atom. The average molecular weight is 245 g/mol. The summed E-state index contributed by atoms with van der Waals surface area (Å²) in [4.78, 5) is 11.2. The van der Waals surface area contributed by atoms with Crippen LogP contribution in [0.4, 0.5) is 4.39 Å². The van der Waals surface area contributed by atoms with Crippen molar-refractivity contribution in [1.29, 1.82) is 0 Å². The molecule has 1 fully saturated rings. The Balaban J connectivity index is 0.00000128. The zero-order chi connectivity index (χ0) is 10.9. The van der Waals surface area contributed by atoms with E-state index in [-0.39, 0.29) is 36.2 Å². The minimum atomic E-state index is -0.363. The molecule has 1 aromatic rings. The van der Waals surface area contributed by atoms with Crippen molar-refractivity contribution in [1.82, 2.24) is 5.32 Å². The van der Waals surface area contributed by atoms with Crippen LogP contribution in [0.5, 0.6) is 0 Å². The maximum absolute atomic E-state index is 13.0. The van der Waals surface area contributed by atoms with Crippen molar-refractivity contribution in [2.45, 2.75) is 18.4 Å². The van der Waals surface area contributed by atoms with Crippen LogP contribution in [-0.2, 0) is 10.3 Å². The molecule has 0 radical (unpaired) electrons. The van der Waals surface area contributed by atoms with E-state index in [0.29, 0.717) is 0 Å². The van der Waals surface area contributed by atoms with Crippen molar-refractivity contribution in [2.24, 2.45) is 5.73 Å². The number of nitrogens with two attached hydrogens (primary N) is 1. The Kier molecular flexibility index (Phi) is 3.88. The number of hydrogen-bond acceptors (Lipinski definition) is 2. The number of rotatable bonds is 3. The molecule has 1 amide bonds. The first-order valence-corrected chi connectivity index (χ1v) is 4.93. The van der Waals surface area contributed by atoms with E-state index in [4.69, 9.17) is 5.73 Å². The van der Waals surface area contributed by atoms with E-state index in [9.17, 15) is 9.18 Å². The number of carbonyl (C=O) groups excluding carboxylic acids is 1. The highest BCUT2D eigenvalue weighted by atomic mass is 35.5. The molecule has 0 heterocycles. The number of benzene rings is 1. The third-order valence-corrected chi connectivity index (χ3v) is 2.69. The molecule has 0 spiro atoms. The van der Waals surface area contributed by atoms with Gasteiger partial charge in [-0.15, -0.1) is 12.4 Å². The largest absolute Gasteiger partial charge is 0.345 e. The zero-order valence-electron chi connectivity index (χ0n) is 8.70. The zero-order valence-corrected chi connectivity index (χ0v) is 9.52. The highest BCUT2D eigenvalue weighted by molar-refractivity contribution is 5.85. The van der Waals surface area contributed by atoms with Crippen molar-refractivity contribution in [2.75, 3.05) is 6.54 Å². The van der Waals surface area contributed by atoms with Gasteiger partial charge in [0, 0.05) is 0 Å². The van der Waals surface area contributed by atoms with Crippen LogP contribution in [0.15, 0.2) is 24.3 Å². The Morgan fingerprint density at radius 3 is 2.69 bits per heavy atom. The topological polar surface area (TPSA) is 55.1 Å². The summed E-state index contributed by atoms with van der Waals surface area (Å²) in [6.45, 7) is -0.0307. The summed E-state index contributed by atoms with van der Waals surface area (Å²) in [5, 5.41) is 2.83. The Bertz CT molecular complexity index is 393. The van der Waals surface area contributed by atoms with Crippen LogP contribution in [-0.4, -0.2) is 12.5 Å². The number of amides is 1. The average Bonchev–Trinajstić information content (AvgIpc) is 2.99. The second-order valence-electron chi connectivity index (χ2n) is 3.84. The smallest absolute Gasteiger partial charge is 0.234 e. The molecule has 0 bridgehead atoms. The summed E-state index contributed by atoms with van der Waals surface area (Å²) in [5.74, 6) is -0.475. The van der Waals surface area contributed by atoms with E-state index in [0.717, 1.165) is 18.4 Å². The molecule has 0 saturated heterocycles. The quantitative estimate of drug-likeness (QED) is 0.843. The van der Waals surface area contributed by atoms with E-state index in [1.54, 1.807) is 6.07 Å². The minimum Gasteiger partial charge on any atom is -0.345 e. The van der Waals surface area contributed by atoms with Gasteiger partial charge >= 0.3 is 0 Å². The Morgan fingerprint density at radius 1 is 1.50 bits per heavy atom. The lowest BCUT2D eigenvalue weighted by Gasteiger charge is -2.17. The van der Waals surface area contributed by atoms with Crippen LogP contribution in [0.25, 0.3) is 0 Å². The first-order chi connectivity index (χ1) is 7.16. The van der Waals surface area contributed by atoms with Gasteiger partial charge in [0.1, 0.15) is 5.82 Å². The van der Waals surface area contributed by atoms with Gasteiger partial charge in [0.2, 0.25) is 5.91 Å². The molecule has 1 aliphatic rings. The van der Waals surface area contributed by atoms with Crippen LogP contribution in [0.1, 0.15) is 18.4 Å². The molecule has 0 aromatic heterocycles. The van der Waals surface area contributed by atoms with E-state index in [1.165, 1.54) is 12.1 Å². The number of nitrogens with one attached hydrogen (secondary N) is 1. The molecule has 0 aliphatic heterocycles. The van der Waals surface area contributed by atoms with Gasteiger partial charge in [-0.2, -0.15) is 0 Å². The lowest BCUT2D eigenvalue weighted by atomic mass is 10.0. The van der Waals surface area contributed by atoms with Crippen molar-refractivity contribution >= 4 is 18.3 Å². The second-order valence-corrected chi connectivity index (χ2v) is 3.84. The fraction of sp³-hybridized carbons (Fsp3) is 0.364. The predicted molar refractivity (Wildman–Crippen MR) is 61.8 cm³/mol. The third kappa shape index (κ3) is 2.51. The van der Waals surface area contributed by atoms with E-state index in [1.807, 2.05) is 6.07 Å². The van der Waals surface area contributed by atoms with Gasteiger partial charge in [-0.25, -0.2) is 4.39 Å². The molecular weight excluding hydrogens is 231 g/mol. The minimum absolute atomic E-state index is 0. The molecule has 2 rings (SSSR count). The molecule has 1 saturated carbocycles. The molecule has 5 heteroatoms. The normalized spacial score (nSPS) is 16.1. The molecular formula is C11H14ClFN2O. The maximum atomic E-state index is 13.0. The van der Waals surface area contributed by atoms with Crippen LogP contribution in [0, 0.1) is 5.82 Å². The van der Waals surface area contributed by atoms with Gasteiger partial charge in [0.25, 0.3) is 0 Å². The summed E-state index contributed by atoms with van der Waals surface area (Å²) in [6, 6.07) is 6.33. The SMILES string of the molecule is Cl.NCC(=O)NC1(c2cccc(F)c2)CC1. The van der Waals surface area contributed by atoms with Crippen molar-refractivity contribution in [3.8, 4) is 0 Å². The summed E-state index contributed by atoms with van der Waals surface area (Å²) in [6.07, 6.45) is 1.70. The standard InChI is InChI=1S/C11H13FN2O.ClH/c12-9-3-1-2-8(6-9)11(4-5-11)14-10(15)7-13;/h1-3,6H,4-5,7,13H2,(H,14,15);1H. The summed E-state index contributed by atoms with van der Waals surface area (Å²) >= 11 is 0. The molecule has 3 nitrogen and oxygen atoms in total. The van der Waals surface area contributed by atoms with Gasteiger partial charge in [-0.05, 0) is 30.5 Å². The van der Waals surface area contributed by atoms with E-state index in [2.05, 4.69) is 5.32 Å². The first-order valence-electron chi connectivity index (χ1n) is 4.93. The van der Waals surface area contributed by atoms with Gasteiger partial charge in [-0.1, -0.05) is 12.1 Å². The molecule has 0 atom stereocenters. The maximum Gasteiger partial charge on any atom is 0.234 e.